The van der Waals surface area contributed by atoms with Crippen LogP contribution in [-0.2, 0) is 5.41 Å². The minimum Gasteiger partial charge on any atom is -0.143 e. The maximum atomic E-state index is 6.61. The fraction of sp³-hybridized carbons (Fsp3) is 0.375. The molecule has 0 saturated heterocycles. The fourth-order valence-electron chi connectivity index (χ4n) is 1.88. The van der Waals surface area contributed by atoms with Gasteiger partial charge >= 0.3 is 0 Å². The van der Waals surface area contributed by atoms with Gasteiger partial charge in [0.2, 0.25) is 0 Å². The van der Waals surface area contributed by atoms with E-state index in [1.165, 1.54) is 15.3 Å². The zero-order chi connectivity index (χ0) is 14.2. The van der Waals surface area contributed by atoms with Crippen molar-refractivity contribution in [1.29, 1.82) is 0 Å². The number of hydrogen-bond donors (Lipinski definition) is 0. The molecular weight excluding hydrogens is 340 g/mol. The predicted molar refractivity (Wildman–Crippen MR) is 89.6 cm³/mol. The molecule has 1 atom stereocenters. The number of rotatable bonds is 2. The summed E-state index contributed by atoms with van der Waals surface area (Å²) in [6, 6.07) is 10.7. The highest BCUT2D eigenvalue weighted by molar-refractivity contribution is 9.10. The Labute approximate surface area is 132 Å². The van der Waals surface area contributed by atoms with Crippen molar-refractivity contribution in [3.63, 3.8) is 0 Å². The van der Waals surface area contributed by atoms with Crippen molar-refractivity contribution in [3.05, 3.63) is 55.7 Å². The van der Waals surface area contributed by atoms with E-state index >= 15 is 0 Å². The van der Waals surface area contributed by atoms with Crippen LogP contribution >= 0.6 is 38.9 Å². The van der Waals surface area contributed by atoms with Gasteiger partial charge in [-0.2, -0.15) is 0 Å². The van der Waals surface area contributed by atoms with Crippen molar-refractivity contribution in [1.82, 2.24) is 0 Å². The molecule has 0 aliphatic carbocycles. The summed E-state index contributed by atoms with van der Waals surface area (Å²) in [5.74, 6) is 0. The zero-order valence-corrected chi connectivity index (χ0v) is 14.8. The molecule has 0 saturated carbocycles. The van der Waals surface area contributed by atoms with Gasteiger partial charge in [-0.25, -0.2) is 0 Å². The number of halogens is 2. The monoisotopic (exact) mass is 356 g/mol. The van der Waals surface area contributed by atoms with E-state index in [4.69, 9.17) is 11.6 Å². The van der Waals surface area contributed by atoms with E-state index in [0.29, 0.717) is 0 Å². The van der Waals surface area contributed by atoms with Crippen LogP contribution in [0, 0.1) is 6.92 Å². The van der Waals surface area contributed by atoms with Crippen LogP contribution in [0.4, 0.5) is 0 Å². The van der Waals surface area contributed by atoms with E-state index in [1.54, 1.807) is 0 Å². The summed E-state index contributed by atoms with van der Waals surface area (Å²) in [4.78, 5) is 2.59. The third-order valence-electron chi connectivity index (χ3n) is 3.09. The summed E-state index contributed by atoms with van der Waals surface area (Å²) in [6.07, 6.45) is 0. The van der Waals surface area contributed by atoms with E-state index in [2.05, 4.69) is 74.0 Å². The number of hydrogen-bond acceptors (Lipinski definition) is 1. The molecule has 0 amide bonds. The van der Waals surface area contributed by atoms with Crippen LogP contribution in [0.25, 0.3) is 0 Å². The van der Waals surface area contributed by atoms with Crippen LogP contribution in [0.2, 0.25) is 0 Å². The van der Waals surface area contributed by atoms with Crippen molar-refractivity contribution in [2.45, 2.75) is 38.5 Å². The molecule has 2 aromatic rings. The first kappa shape index (κ1) is 15.1. The van der Waals surface area contributed by atoms with Crippen molar-refractivity contribution < 1.29 is 0 Å². The zero-order valence-electron chi connectivity index (χ0n) is 11.6. The lowest BCUT2D eigenvalue weighted by atomic mass is 9.95. The quantitative estimate of drug-likeness (QED) is 0.542. The minimum absolute atomic E-state index is 0.0621. The topological polar surface area (TPSA) is 0 Å². The van der Waals surface area contributed by atoms with Gasteiger partial charge in [-0.1, -0.05) is 48.8 Å². The van der Waals surface area contributed by atoms with Gasteiger partial charge in [0.05, 0.1) is 5.38 Å². The van der Waals surface area contributed by atoms with Gasteiger partial charge < -0.3 is 0 Å². The molecule has 0 aliphatic rings. The summed E-state index contributed by atoms with van der Waals surface area (Å²) in [7, 11) is 0. The predicted octanol–water partition coefficient (Wildman–Crippen LogP) is 6.44. The second-order valence-corrected chi connectivity index (χ2v) is 8.23. The van der Waals surface area contributed by atoms with Gasteiger partial charge in [-0.15, -0.1) is 22.9 Å². The van der Waals surface area contributed by atoms with Crippen LogP contribution in [0.1, 0.15) is 47.0 Å². The average molecular weight is 358 g/mol. The summed E-state index contributed by atoms with van der Waals surface area (Å²) >= 11 is 11.9. The molecule has 1 aromatic carbocycles. The van der Waals surface area contributed by atoms with Crippen LogP contribution in [-0.4, -0.2) is 0 Å². The third kappa shape index (κ3) is 3.42. The van der Waals surface area contributed by atoms with Gasteiger partial charge in [-0.3, -0.25) is 0 Å². The first-order valence-electron chi connectivity index (χ1n) is 6.29. The van der Waals surface area contributed by atoms with Crippen molar-refractivity contribution in [2.24, 2.45) is 0 Å². The van der Waals surface area contributed by atoms with Crippen LogP contribution in [0.3, 0.4) is 0 Å². The Kier molecular flexibility index (Phi) is 4.44. The lowest BCUT2D eigenvalue weighted by molar-refractivity contribution is 0.604. The van der Waals surface area contributed by atoms with Gasteiger partial charge in [0, 0.05) is 14.2 Å². The smallest absolute Gasteiger partial charge is 0.0927 e. The maximum Gasteiger partial charge on any atom is 0.0927 e. The van der Waals surface area contributed by atoms with E-state index in [-0.39, 0.29) is 10.8 Å². The first-order chi connectivity index (χ1) is 8.79. The summed E-state index contributed by atoms with van der Waals surface area (Å²) in [5, 5.41) is -0.0621. The Hall–Kier alpha value is -0.310. The number of alkyl halides is 1. The van der Waals surface area contributed by atoms with E-state index in [1.807, 2.05) is 11.3 Å². The molecule has 102 valence electrons. The molecule has 0 nitrogen and oxygen atoms in total. The van der Waals surface area contributed by atoms with E-state index < -0.39 is 0 Å². The highest BCUT2D eigenvalue weighted by Gasteiger charge is 2.19. The molecule has 1 heterocycles. The van der Waals surface area contributed by atoms with Crippen LogP contribution in [0.5, 0.6) is 0 Å². The molecular formula is C16H18BrClS. The second kappa shape index (κ2) is 5.59. The maximum absolute atomic E-state index is 6.61. The lowest BCUT2D eigenvalue weighted by Gasteiger charge is -2.15. The lowest BCUT2D eigenvalue weighted by Crippen LogP contribution is -2.07. The van der Waals surface area contributed by atoms with Gasteiger partial charge in [0.25, 0.3) is 0 Å². The second-order valence-electron chi connectivity index (χ2n) is 5.82. The number of aryl methyl sites for hydroxylation is 1. The van der Waals surface area contributed by atoms with Crippen molar-refractivity contribution in [2.75, 3.05) is 0 Å². The van der Waals surface area contributed by atoms with E-state index in [9.17, 15) is 0 Å². The van der Waals surface area contributed by atoms with Crippen molar-refractivity contribution >= 4 is 38.9 Å². The Bertz CT molecular complexity index is 581. The minimum atomic E-state index is -0.0621. The van der Waals surface area contributed by atoms with E-state index in [0.717, 1.165) is 10.0 Å². The molecule has 0 spiro atoms. The number of thiophene rings is 1. The Balaban J connectivity index is 2.31. The molecule has 0 radical (unpaired) electrons. The molecule has 0 N–H and O–H groups in total. The van der Waals surface area contributed by atoms with Crippen molar-refractivity contribution in [3.8, 4) is 0 Å². The molecule has 1 unspecified atom stereocenters. The van der Waals surface area contributed by atoms with Crippen LogP contribution < -0.4 is 0 Å². The molecule has 0 aliphatic heterocycles. The Morgan fingerprint density at radius 1 is 1.16 bits per heavy atom. The fourth-order valence-corrected chi connectivity index (χ4v) is 3.54. The van der Waals surface area contributed by atoms with Gasteiger partial charge in [0.15, 0.2) is 0 Å². The highest BCUT2D eigenvalue weighted by atomic mass is 79.9. The Morgan fingerprint density at radius 3 is 2.37 bits per heavy atom. The molecule has 0 bridgehead atoms. The number of benzene rings is 1. The summed E-state index contributed by atoms with van der Waals surface area (Å²) in [6.45, 7) is 8.78. The summed E-state index contributed by atoms with van der Waals surface area (Å²) in [5.41, 5.74) is 2.57. The standard InChI is InChI=1S/C16H18BrClS/c1-10-9-11(5-6-12(10)17)15(18)13-7-8-14(19-13)16(2,3)4/h5-9,15H,1-4H3. The average Bonchev–Trinajstić information content (AvgIpc) is 2.81. The first-order valence-corrected chi connectivity index (χ1v) is 8.34. The molecule has 2 rings (SSSR count). The summed E-state index contributed by atoms with van der Waals surface area (Å²) < 4.78 is 1.13. The molecule has 19 heavy (non-hydrogen) atoms. The Morgan fingerprint density at radius 2 is 1.84 bits per heavy atom. The highest BCUT2D eigenvalue weighted by Crippen LogP contribution is 2.38. The molecule has 3 heteroatoms. The largest absolute Gasteiger partial charge is 0.143 e. The van der Waals surface area contributed by atoms with Crippen LogP contribution in [0.15, 0.2) is 34.8 Å². The molecule has 1 aromatic heterocycles. The SMILES string of the molecule is Cc1cc(C(Cl)c2ccc(C(C)(C)C)s2)ccc1Br. The van der Waals surface area contributed by atoms with Gasteiger partial charge in [-0.05, 0) is 41.7 Å². The molecule has 0 fully saturated rings. The van der Waals surface area contributed by atoms with Gasteiger partial charge in [0.1, 0.15) is 0 Å². The third-order valence-corrected chi connectivity index (χ3v) is 6.17. The normalized spacial score (nSPS) is 13.6.